The molecule has 0 unspecified atom stereocenters. The quantitative estimate of drug-likeness (QED) is 0.565. The molecule has 0 atom stereocenters. The molecule has 1 N–H and O–H groups in total. The second-order valence-corrected chi connectivity index (χ2v) is 9.48. The Morgan fingerprint density at radius 2 is 1.97 bits per heavy atom. The van der Waals surface area contributed by atoms with Gasteiger partial charge in [0, 0.05) is 23.9 Å². The molecule has 2 heterocycles. The van der Waals surface area contributed by atoms with E-state index in [1.54, 1.807) is 17.0 Å². The van der Waals surface area contributed by atoms with Gasteiger partial charge in [-0.2, -0.15) is 0 Å². The number of benzene rings is 2. The first kappa shape index (κ1) is 21.3. The zero-order valence-electron chi connectivity index (χ0n) is 17.9. The Hall–Kier alpha value is -2.93. The molecule has 0 aliphatic carbocycles. The molecule has 8 heteroatoms. The van der Waals surface area contributed by atoms with E-state index in [9.17, 15) is 9.18 Å². The lowest BCUT2D eigenvalue weighted by molar-refractivity contribution is -0.00648. The van der Waals surface area contributed by atoms with Crippen molar-refractivity contribution in [2.75, 3.05) is 18.4 Å². The standard InChI is InChI=1S/C23H24ClFN4O2/c1-22(2,3)31-21(30)29-11-23(4,12-29)14-8-9-17-15(10-14)20(27-13-26-17)28-18-7-5-6-16(24)19(18)25/h5-10,13H,11-12H2,1-4H3,(H,26,27,28). The Bertz CT molecular complexity index is 1160. The van der Waals surface area contributed by atoms with Gasteiger partial charge < -0.3 is 15.0 Å². The summed E-state index contributed by atoms with van der Waals surface area (Å²) in [6.45, 7) is 8.75. The van der Waals surface area contributed by atoms with E-state index in [-0.39, 0.29) is 22.2 Å². The molecule has 1 amide bonds. The van der Waals surface area contributed by atoms with Gasteiger partial charge in [-0.1, -0.05) is 30.7 Å². The minimum atomic E-state index is -0.536. The summed E-state index contributed by atoms with van der Waals surface area (Å²) in [6.07, 6.45) is 1.12. The Morgan fingerprint density at radius 1 is 1.23 bits per heavy atom. The number of nitrogens with one attached hydrogen (secondary N) is 1. The maximum Gasteiger partial charge on any atom is 0.410 e. The third-order valence-corrected chi connectivity index (χ3v) is 5.56. The molecular weight excluding hydrogens is 419 g/mol. The van der Waals surface area contributed by atoms with Crippen LogP contribution in [-0.2, 0) is 10.2 Å². The van der Waals surface area contributed by atoms with Crippen LogP contribution in [0, 0.1) is 5.82 Å². The summed E-state index contributed by atoms with van der Waals surface area (Å²) in [5.41, 5.74) is 1.27. The monoisotopic (exact) mass is 442 g/mol. The number of likely N-dealkylation sites (tertiary alicyclic amines) is 1. The minimum absolute atomic E-state index is 0.0354. The number of halogens is 2. The lowest BCUT2D eigenvalue weighted by atomic mass is 9.75. The van der Waals surface area contributed by atoms with Crippen LogP contribution >= 0.6 is 11.6 Å². The molecule has 1 aromatic heterocycles. The van der Waals surface area contributed by atoms with Crippen molar-refractivity contribution >= 4 is 40.1 Å². The molecule has 0 radical (unpaired) electrons. The number of rotatable bonds is 3. The van der Waals surface area contributed by atoms with E-state index >= 15 is 0 Å². The molecular formula is C23H24ClFN4O2. The predicted molar refractivity (Wildman–Crippen MR) is 119 cm³/mol. The first-order valence-electron chi connectivity index (χ1n) is 10.00. The molecule has 1 aliphatic rings. The van der Waals surface area contributed by atoms with Crippen LogP contribution in [0.25, 0.3) is 10.9 Å². The van der Waals surface area contributed by atoms with Gasteiger partial charge >= 0.3 is 6.09 Å². The van der Waals surface area contributed by atoms with Crippen LogP contribution < -0.4 is 5.32 Å². The van der Waals surface area contributed by atoms with E-state index in [1.165, 1.54) is 12.4 Å². The molecule has 1 fully saturated rings. The van der Waals surface area contributed by atoms with Crippen LogP contribution in [0.1, 0.15) is 33.3 Å². The maximum atomic E-state index is 14.4. The number of ether oxygens (including phenoxy) is 1. The molecule has 0 saturated carbocycles. The number of fused-ring (bicyclic) bond motifs is 1. The summed E-state index contributed by atoms with van der Waals surface area (Å²) in [5.74, 6) is -0.0500. The van der Waals surface area contributed by atoms with Crippen molar-refractivity contribution in [1.82, 2.24) is 14.9 Å². The van der Waals surface area contributed by atoms with Gasteiger partial charge in [-0.15, -0.1) is 0 Å². The van der Waals surface area contributed by atoms with Crippen molar-refractivity contribution in [3.63, 3.8) is 0 Å². The highest BCUT2D eigenvalue weighted by atomic mass is 35.5. The molecule has 1 saturated heterocycles. The van der Waals surface area contributed by atoms with E-state index in [2.05, 4.69) is 22.2 Å². The van der Waals surface area contributed by atoms with Gasteiger partial charge in [0.1, 0.15) is 17.7 Å². The summed E-state index contributed by atoms with van der Waals surface area (Å²) >= 11 is 5.90. The van der Waals surface area contributed by atoms with Gasteiger partial charge in [0.15, 0.2) is 5.82 Å². The SMILES string of the molecule is CC(C)(C)OC(=O)N1CC(C)(c2ccc3ncnc(Nc4cccc(Cl)c4F)c3c2)C1. The average Bonchev–Trinajstić information content (AvgIpc) is 2.67. The summed E-state index contributed by atoms with van der Waals surface area (Å²) in [4.78, 5) is 22.6. The topological polar surface area (TPSA) is 67.3 Å². The first-order valence-corrected chi connectivity index (χ1v) is 10.4. The Kier molecular flexibility index (Phi) is 5.25. The number of aromatic nitrogens is 2. The second-order valence-electron chi connectivity index (χ2n) is 9.08. The van der Waals surface area contributed by atoms with Crippen LogP contribution in [0.2, 0.25) is 5.02 Å². The number of hydrogen-bond acceptors (Lipinski definition) is 5. The van der Waals surface area contributed by atoms with Crippen molar-refractivity contribution in [3.8, 4) is 0 Å². The minimum Gasteiger partial charge on any atom is -0.444 e. The fourth-order valence-corrected chi connectivity index (χ4v) is 3.87. The third kappa shape index (κ3) is 4.28. The number of amides is 1. The number of carbonyl (C=O) groups is 1. The fraction of sp³-hybridized carbons (Fsp3) is 0.348. The van der Waals surface area contributed by atoms with Gasteiger partial charge in [0.2, 0.25) is 0 Å². The Balaban J connectivity index is 1.60. The van der Waals surface area contributed by atoms with E-state index in [0.717, 1.165) is 16.5 Å². The van der Waals surface area contributed by atoms with Gasteiger partial charge in [-0.25, -0.2) is 19.2 Å². The average molecular weight is 443 g/mol. The van der Waals surface area contributed by atoms with Gasteiger partial charge in [-0.3, -0.25) is 0 Å². The molecule has 6 nitrogen and oxygen atoms in total. The molecule has 162 valence electrons. The second kappa shape index (κ2) is 7.64. The molecule has 3 aromatic rings. The Morgan fingerprint density at radius 3 is 2.68 bits per heavy atom. The van der Waals surface area contributed by atoms with Crippen molar-refractivity contribution in [1.29, 1.82) is 0 Å². The number of hydrogen-bond donors (Lipinski definition) is 1. The molecule has 0 bridgehead atoms. The van der Waals surface area contributed by atoms with Crippen molar-refractivity contribution < 1.29 is 13.9 Å². The van der Waals surface area contributed by atoms with Crippen LogP contribution in [0.5, 0.6) is 0 Å². The number of anilines is 2. The molecule has 31 heavy (non-hydrogen) atoms. The van der Waals surface area contributed by atoms with Crippen LogP contribution in [0.4, 0.5) is 20.7 Å². The summed E-state index contributed by atoms with van der Waals surface area (Å²) < 4.78 is 19.8. The van der Waals surface area contributed by atoms with Gasteiger partial charge in [0.25, 0.3) is 0 Å². The van der Waals surface area contributed by atoms with Crippen molar-refractivity contribution in [2.45, 2.75) is 38.7 Å². The van der Waals surface area contributed by atoms with Gasteiger partial charge in [-0.05, 0) is 50.6 Å². The maximum absolute atomic E-state index is 14.4. The molecule has 1 aliphatic heterocycles. The molecule has 4 rings (SSSR count). The van der Waals surface area contributed by atoms with Crippen molar-refractivity contribution in [3.05, 3.63) is 59.1 Å². The van der Waals surface area contributed by atoms with Crippen LogP contribution in [0.3, 0.4) is 0 Å². The fourth-order valence-electron chi connectivity index (χ4n) is 3.69. The lowest BCUT2D eigenvalue weighted by Gasteiger charge is -2.48. The van der Waals surface area contributed by atoms with Crippen LogP contribution in [0.15, 0.2) is 42.7 Å². The number of carbonyl (C=O) groups excluding carboxylic acids is 1. The normalized spacial score (nSPS) is 15.5. The first-order chi connectivity index (χ1) is 14.6. The highest BCUT2D eigenvalue weighted by Gasteiger charge is 2.44. The van der Waals surface area contributed by atoms with E-state index < -0.39 is 11.4 Å². The highest BCUT2D eigenvalue weighted by Crippen LogP contribution is 2.37. The summed E-state index contributed by atoms with van der Waals surface area (Å²) in [7, 11) is 0. The number of nitrogens with zero attached hydrogens (tertiary/aromatic N) is 3. The van der Waals surface area contributed by atoms with Crippen molar-refractivity contribution in [2.24, 2.45) is 0 Å². The highest BCUT2D eigenvalue weighted by molar-refractivity contribution is 6.31. The zero-order chi connectivity index (χ0) is 22.4. The Labute approximate surface area is 185 Å². The predicted octanol–water partition coefficient (Wildman–Crippen LogP) is 5.67. The largest absolute Gasteiger partial charge is 0.444 e. The van der Waals surface area contributed by atoms with E-state index in [4.69, 9.17) is 16.3 Å². The molecule has 2 aromatic carbocycles. The van der Waals surface area contributed by atoms with E-state index in [1.807, 2.05) is 39.0 Å². The smallest absolute Gasteiger partial charge is 0.410 e. The lowest BCUT2D eigenvalue weighted by Crippen LogP contribution is -2.60. The zero-order valence-corrected chi connectivity index (χ0v) is 18.6. The van der Waals surface area contributed by atoms with Gasteiger partial charge in [0.05, 0.1) is 16.2 Å². The summed E-state index contributed by atoms with van der Waals surface area (Å²) in [5, 5.41) is 3.82. The third-order valence-electron chi connectivity index (χ3n) is 5.27. The van der Waals surface area contributed by atoms with E-state index in [0.29, 0.717) is 18.9 Å². The van der Waals surface area contributed by atoms with Crippen LogP contribution in [-0.4, -0.2) is 39.7 Å². The summed E-state index contributed by atoms with van der Waals surface area (Å²) in [6, 6.07) is 10.7. The molecule has 0 spiro atoms.